The Balaban J connectivity index is 2.04. The molecule has 2 fully saturated rings. The highest BCUT2D eigenvalue weighted by Crippen LogP contribution is 2.36. The number of nitrogens with one attached hydrogen (secondary N) is 1. The third kappa shape index (κ3) is 2.10. The van der Waals surface area contributed by atoms with Crippen molar-refractivity contribution in [1.82, 2.24) is 10.2 Å². The Hall–Kier alpha value is -0.900. The maximum Gasteiger partial charge on any atom is 0.247 e. The lowest BCUT2D eigenvalue weighted by molar-refractivity contribution is -0.141. The molecule has 1 aliphatic heterocycles. The summed E-state index contributed by atoms with van der Waals surface area (Å²) in [6.07, 6.45) is 4.85. The van der Waals surface area contributed by atoms with E-state index in [1.54, 1.807) is 0 Å². The topological polar surface area (TPSA) is 49.4 Å². The summed E-state index contributed by atoms with van der Waals surface area (Å²) in [4.78, 5) is 25.3. The highest BCUT2D eigenvalue weighted by molar-refractivity contribution is 6.05. The zero-order valence-corrected chi connectivity index (χ0v) is 11.0. The molecule has 0 aromatic heterocycles. The maximum absolute atomic E-state index is 12.1. The summed E-state index contributed by atoms with van der Waals surface area (Å²) in [6, 6.07) is -0.314. The van der Waals surface area contributed by atoms with Gasteiger partial charge in [-0.15, -0.1) is 0 Å². The Morgan fingerprint density at radius 3 is 2.41 bits per heavy atom. The molecule has 2 aliphatic rings. The van der Waals surface area contributed by atoms with Crippen LogP contribution in [0, 0.1) is 0 Å². The standard InChI is InChI=1S/C13H22N2O2/c1-4-13(6-5-7-13)14-10-8-11(16)15(9(2)3)12(10)17/h9-10,14H,4-8H2,1-3H3. The van der Waals surface area contributed by atoms with Crippen LogP contribution < -0.4 is 5.32 Å². The van der Waals surface area contributed by atoms with E-state index in [-0.39, 0.29) is 29.4 Å². The molecule has 0 aromatic rings. The van der Waals surface area contributed by atoms with Crippen molar-refractivity contribution in [2.75, 3.05) is 0 Å². The van der Waals surface area contributed by atoms with E-state index in [0.29, 0.717) is 6.42 Å². The number of nitrogens with zero attached hydrogens (tertiary/aromatic N) is 1. The fraction of sp³-hybridized carbons (Fsp3) is 0.846. The molecule has 17 heavy (non-hydrogen) atoms. The van der Waals surface area contributed by atoms with Crippen LogP contribution >= 0.6 is 0 Å². The average Bonchev–Trinajstić information content (AvgIpc) is 2.47. The van der Waals surface area contributed by atoms with Crippen molar-refractivity contribution in [2.24, 2.45) is 0 Å². The van der Waals surface area contributed by atoms with Crippen molar-refractivity contribution in [1.29, 1.82) is 0 Å². The van der Waals surface area contributed by atoms with E-state index in [1.807, 2.05) is 13.8 Å². The molecule has 0 aromatic carbocycles. The summed E-state index contributed by atoms with van der Waals surface area (Å²) in [5.74, 6) is -0.0715. The Morgan fingerprint density at radius 1 is 1.41 bits per heavy atom. The second-order valence-electron chi connectivity index (χ2n) is 5.58. The Bertz CT molecular complexity index is 329. The first-order valence-electron chi connectivity index (χ1n) is 6.63. The number of likely N-dealkylation sites (tertiary alicyclic amines) is 1. The predicted molar refractivity (Wildman–Crippen MR) is 65.4 cm³/mol. The number of rotatable bonds is 4. The summed E-state index contributed by atoms with van der Waals surface area (Å²) in [5.41, 5.74) is 0.119. The number of carbonyl (C=O) groups excluding carboxylic acids is 2. The van der Waals surface area contributed by atoms with Crippen LogP contribution in [0.3, 0.4) is 0 Å². The molecule has 2 amide bonds. The molecule has 96 valence electrons. The third-order valence-corrected chi connectivity index (χ3v) is 4.17. The molecular weight excluding hydrogens is 216 g/mol. The van der Waals surface area contributed by atoms with Crippen LogP contribution in [0.1, 0.15) is 52.9 Å². The first-order chi connectivity index (χ1) is 7.99. The lowest BCUT2D eigenvalue weighted by Gasteiger charge is -2.43. The van der Waals surface area contributed by atoms with Gasteiger partial charge in [-0.05, 0) is 39.5 Å². The minimum Gasteiger partial charge on any atom is -0.300 e. The van der Waals surface area contributed by atoms with Gasteiger partial charge < -0.3 is 0 Å². The molecule has 1 atom stereocenters. The van der Waals surface area contributed by atoms with Crippen LogP contribution in [-0.4, -0.2) is 34.3 Å². The summed E-state index contributed by atoms with van der Waals surface area (Å²) in [6.45, 7) is 5.92. The number of imide groups is 1. The van der Waals surface area contributed by atoms with Gasteiger partial charge in [0.1, 0.15) is 0 Å². The lowest BCUT2D eigenvalue weighted by Crippen LogP contribution is -2.56. The van der Waals surface area contributed by atoms with E-state index < -0.39 is 0 Å². The zero-order valence-electron chi connectivity index (χ0n) is 11.0. The summed E-state index contributed by atoms with van der Waals surface area (Å²) >= 11 is 0. The van der Waals surface area contributed by atoms with Crippen LogP contribution in [0.4, 0.5) is 0 Å². The smallest absolute Gasteiger partial charge is 0.247 e. The second kappa shape index (κ2) is 4.41. The van der Waals surface area contributed by atoms with Gasteiger partial charge in [-0.1, -0.05) is 6.92 Å². The molecular formula is C13H22N2O2. The van der Waals surface area contributed by atoms with Crippen molar-refractivity contribution in [3.8, 4) is 0 Å². The fourth-order valence-electron chi connectivity index (χ4n) is 2.88. The van der Waals surface area contributed by atoms with Gasteiger partial charge in [0.2, 0.25) is 11.8 Å². The van der Waals surface area contributed by atoms with Gasteiger partial charge in [0.15, 0.2) is 0 Å². The monoisotopic (exact) mass is 238 g/mol. The molecule has 1 unspecified atom stereocenters. The predicted octanol–water partition coefficient (Wildman–Crippen LogP) is 1.44. The van der Waals surface area contributed by atoms with Crippen molar-refractivity contribution in [2.45, 2.75) is 70.5 Å². The van der Waals surface area contributed by atoms with Crippen LogP contribution in [0.25, 0.3) is 0 Å². The van der Waals surface area contributed by atoms with Gasteiger partial charge >= 0.3 is 0 Å². The van der Waals surface area contributed by atoms with Gasteiger partial charge in [-0.3, -0.25) is 19.8 Å². The molecule has 1 aliphatic carbocycles. The van der Waals surface area contributed by atoms with Gasteiger partial charge in [-0.25, -0.2) is 0 Å². The zero-order chi connectivity index (χ0) is 12.6. The van der Waals surface area contributed by atoms with Crippen molar-refractivity contribution in [3.63, 3.8) is 0 Å². The van der Waals surface area contributed by atoms with Crippen LogP contribution in [-0.2, 0) is 9.59 Å². The van der Waals surface area contributed by atoms with E-state index in [0.717, 1.165) is 19.3 Å². The minimum atomic E-state index is -0.287. The number of carbonyl (C=O) groups is 2. The van der Waals surface area contributed by atoms with Crippen molar-refractivity contribution >= 4 is 11.8 Å². The van der Waals surface area contributed by atoms with E-state index in [2.05, 4.69) is 12.2 Å². The van der Waals surface area contributed by atoms with Gasteiger partial charge in [0, 0.05) is 11.6 Å². The average molecular weight is 238 g/mol. The third-order valence-electron chi connectivity index (χ3n) is 4.17. The molecule has 2 rings (SSSR count). The second-order valence-corrected chi connectivity index (χ2v) is 5.58. The Labute approximate surface area is 103 Å². The molecule has 1 N–H and O–H groups in total. The van der Waals surface area contributed by atoms with Crippen LogP contribution in [0.15, 0.2) is 0 Å². The van der Waals surface area contributed by atoms with E-state index in [4.69, 9.17) is 0 Å². The lowest BCUT2D eigenvalue weighted by atomic mass is 9.74. The van der Waals surface area contributed by atoms with Gasteiger partial charge in [-0.2, -0.15) is 0 Å². The molecule has 1 heterocycles. The van der Waals surface area contributed by atoms with Crippen molar-refractivity contribution in [3.05, 3.63) is 0 Å². The summed E-state index contributed by atoms with van der Waals surface area (Å²) in [5, 5.41) is 3.43. The van der Waals surface area contributed by atoms with E-state index in [9.17, 15) is 9.59 Å². The SMILES string of the molecule is CCC1(NC2CC(=O)N(C(C)C)C2=O)CCC1. The van der Waals surface area contributed by atoms with Crippen LogP contribution in [0.5, 0.6) is 0 Å². The Kier molecular flexibility index (Phi) is 3.25. The van der Waals surface area contributed by atoms with Gasteiger partial charge in [0.25, 0.3) is 0 Å². The maximum atomic E-state index is 12.1. The van der Waals surface area contributed by atoms with E-state index >= 15 is 0 Å². The molecule has 4 nitrogen and oxygen atoms in total. The molecule has 0 radical (unpaired) electrons. The van der Waals surface area contributed by atoms with E-state index in [1.165, 1.54) is 11.3 Å². The summed E-state index contributed by atoms with van der Waals surface area (Å²) in [7, 11) is 0. The fourth-order valence-corrected chi connectivity index (χ4v) is 2.88. The van der Waals surface area contributed by atoms with Crippen molar-refractivity contribution < 1.29 is 9.59 Å². The quantitative estimate of drug-likeness (QED) is 0.754. The Morgan fingerprint density at radius 2 is 2.06 bits per heavy atom. The largest absolute Gasteiger partial charge is 0.300 e. The number of amides is 2. The normalized spacial score (nSPS) is 27.8. The number of hydrogen-bond acceptors (Lipinski definition) is 3. The summed E-state index contributed by atoms with van der Waals surface area (Å²) < 4.78 is 0. The number of hydrogen-bond donors (Lipinski definition) is 1. The van der Waals surface area contributed by atoms with Gasteiger partial charge in [0.05, 0.1) is 12.5 Å². The highest BCUT2D eigenvalue weighted by Gasteiger charge is 2.45. The molecule has 4 heteroatoms. The molecule has 1 saturated carbocycles. The first kappa shape index (κ1) is 12.6. The minimum absolute atomic E-state index is 0.0271. The van der Waals surface area contributed by atoms with Crippen LogP contribution in [0.2, 0.25) is 0 Å². The highest BCUT2D eigenvalue weighted by atomic mass is 16.2. The molecule has 1 saturated heterocycles. The molecule has 0 bridgehead atoms. The molecule has 0 spiro atoms. The first-order valence-corrected chi connectivity index (χ1v) is 6.63.